The number of aliphatic carboxylic acids is 1. The fourth-order valence-corrected chi connectivity index (χ4v) is 0.742. The highest BCUT2D eigenvalue weighted by atomic mass is 16.5. The minimum atomic E-state index is -0.985. The van der Waals surface area contributed by atoms with Crippen molar-refractivity contribution >= 4 is 5.97 Å². The van der Waals surface area contributed by atoms with Crippen LogP contribution in [0.5, 0.6) is 0 Å². The second kappa shape index (κ2) is 4.04. The summed E-state index contributed by atoms with van der Waals surface area (Å²) in [5.41, 5.74) is 0.633. The average Bonchev–Trinajstić information content (AvgIpc) is 2.47. The summed E-state index contributed by atoms with van der Waals surface area (Å²) < 4.78 is 9.93. The van der Waals surface area contributed by atoms with Crippen LogP contribution < -0.4 is 0 Å². The minimum Gasteiger partial charge on any atom is -0.479 e. The Bertz CT molecular complexity index is 294. The number of hydrogen-bond donors (Lipinski definition) is 1. The number of carboxylic acid groups (broad SMARTS) is 1. The lowest BCUT2D eigenvalue weighted by Crippen LogP contribution is -2.19. The van der Waals surface area contributed by atoms with E-state index in [-0.39, 0.29) is 6.61 Å². The molecule has 1 heterocycles. The van der Waals surface area contributed by atoms with Gasteiger partial charge < -0.3 is 14.3 Å². The smallest absolute Gasteiger partial charge is 0.332 e. The second-order valence-corrected chi connectivity index (χ2v) is 2.65. The summed E-state index contributed by atoms with van der Waals surface area (Å²) >= 11 is 0. The zero-order valence-corrected chi connectivity index (χ0v) is 7.48. The van der Waals surface area contributed by atoms with Crippen molar-refractivity contribution in [2.24, 2.45) is 0 Å². The van der Waals surface area contributed by atoms with Crippen molar-refractivity contribution in [2.45, 2.75) is 26.6 Å². The molecule has 1 rings (SSSR count). The van der Waals surface area contributed by atoms with Gasteiger partial charge in [0.15, 0.2) is 12.5 Å². The van der Waals surface area contributed by atoms with Crippen LogP contribution in [-0.2, 0) is 16.1 Å². The lowest BCUT2D eigenvalue weighted by Gasteiger charge is -2.06. The van der Waals surface area contributed by atoms with Crippen molar-refractivity contribution in [1.82, 2.24) is 4.98 Å². The summed E-state index contributed by atoms with van der Waals surface area (Å²) in [7, 11) is 0. The van der Waals surface area contributed by atoms with Gasteiger partial charge in [-0.15, -0.1) is 0 Å². The van der Waals surface area contributed by atoms with Gasteiger partial charge >= 0.3 is 5.97 Å². The Hall–Kier alpha value is -1.36. The predicted molar refractivity (Wildman–Crippen MR) is 43.1 cm³/mol. The van der Waals surface area contributed by atoms with E-state index in [2.05, 4.69) is 4.98 Å². The van der Waals surface area contributed by atoms with Crippen molar-refractivity contribution in [3.05, 3.63) is 17.8 Å². The van der Waals surface area contributed by atoms with Crippen LogP contribution in [0.2, 0.25) is 0 Å². The van der Waals surface area contributed by atoms with E-state index in [0.29, 0.717) is 11.5 Å². The Morgan fingerprint density at radius 3 is 3.00 bits per heavy atom. The molecular weight excluding hydrogens is 174 g/mol. The molecule has 0 aromatic carbocycles. The van der Waals surface area contributed by atoms with E-state index in [1.54, 1.807) is 6.92 Å². The number of hydrogen-bond acceptors (Lipinski definition) is 4. The van der Waals surface area contributed by atoms with Crippen LogP contribution in [0.15, 0.2) is 10.8 Å². The summed E-state index contributed by atoms with van der Waals surface area (Å²) in [6.07, 6.45) is 0.482. The van der Waals surface area contributed by atoms with Crippen LogP contribution in [-0.4, -0.2) is 22.2 Å². The maximum Gasteiger partial charge on any atom is 0.332 e. The highest BCUT2D eigenvalue weighted by molar-refractivity contribution is 5.71. The van der Waals surface area contributed by atoms with Gasteiger partial charge in [0.25, 0.3) is 0 Å². The van der Waals surface area contributed by atoms with E-state index in [1.165, 1.54) is 13.3 Å². The normalized spacial score (nSPS) is 12.8. The molecule has 1 N–H and O–H groups in total. The lowest BCUT2D eigenvalue weighted by molar-refractivity contribution is -0.149. The van der Waals surface area contributed by atoms with Crippen LogP contribution in [0.3, 0.4) is 0 Å². The van der Waals surface area contributed by atoms with E-state index in [9.17, 15) is 4.79 Å². The standard InChI is InChI=1S/C8H11NO4/c1-5-7(9-4-13-5)3-12-6(2)8(10)11/h4,6H,3H2,1-2H3,(H,10,11)/t6-/m0/s1. The molecule has 0 aliphatic rings. The van der Waals surface area contributed by atoms with Gasteiger partial charge in [-0.25, -0.2) is 9.78 Å². The average molecular weight is 185 g/mol. The molecule has 1 aromatic heterocycles. The van der Waals surface area contributed by atoms with Gasteiger partial charge in [0.05, 0.1) is 6.61 Å². The topological polar surface area (TPSA) is 72.6 Å². The SMILES string of the molecule is Cc1ocnc1CO[C@@H](C)C(=O)O. The van der Waals surface area contributed by atoms with Crippen molar-refractivity contribution in [3.63, 3.8) is 0 Å². The molecule has 1 aromatic rings. The molecule has 0 spiro atoms. The maximum atomic E-state index is 10.4. The van der Waals surface area contributed by atoms with Crippen molar-refractivity contribution in [3.8, 4) is 0 Å². The van der Waals surface area contributed by atoms with E-state index in [1.807, 2.05) is 0 Å². The van der Waals surface area contributed by atoms with E-state index < -0.39 is 12.1 Å². The van der Waals surface area contributed by atoms with Crippen molar-refractivity contribution < 1.29 is 19.1 Å². The lowest BCUT2D eigenvalue weighted by atomic mass is 10.3. The molecule has 0 saturated carbocycles. The minimum absolute atomic E-state index is 0.163. The first kappa shape index (κ1) is 9.73. The van der Waals surface area contributed by atoms with Gasteiger partial charge in [0.1, 0.15) is 11.5 Å². The molecule has 1 atom stereocenters. The Labute approximate surface area is 75.3 Å². The Morgan fingerprint density at radius 1 is 1.85 bits per heavy atom. The molecule has 0 unspecified atom stereocenters. The summed E-state index contributed by atoms with van der Waals surface area (Å²) in [6.45, 7) is 3.38. The second-order valence-electron chi connectivity index (χ2n) is 2.65. The summed E-state index contributed by atoms with van der Waals surface area (Å²) in [6, 6.07) is 0. The molecule has 0 radical (unpaired) electrons. The molecular formula is C8H11NO4. The molecule has 0 aliphatic heterocycles. The van der Waals surface area contributed by atoms with Crippen LogP contribution in [0, 0.1) is 6.92 Å². The van der Waals surface area contributed by atoms with Gasteiger partial charge in [-0.05, 0) is 13.8 Å². The number of rotatable bonds is 4. The van der Waals surface area contributed by atoms with Crippen LogP contribution >= 0.6 is 0 Å². The van der Waals surface area contributed by atoms with E-state index in [4.69, 9.17) is 14.3 Å². The first-order chi connectivity index (χ1) is 6.11. The van der Waals surface area contributed by atoms with Gasteiger partial charge in [0.2, 0.25) is 0 Å². The highest BCUT2D eigenvalue weighted by Crippen LogP contribution is 2.07. The van der Waals surface area contributed by atoms with Crippen LogP contribution in [0.4, 0.5) is 0 Å². The first-order valence-corrected chi connectivity index (χ1v) is 3.84. The monoisotopic (exact) mass is 185 g/mol. The number of aryl methyl sites for hydroxylation is 1. The Kier molecular flexibility index (Phi) is 3.02. The number of aromatic nitrogens is 1. The van der Waals surface area contributed by atoms with Crippen molar-refractivity contribution in [1.29, 1.82) is 0 Å². The molecule has 0 amide bonds. The maximum absolute atomic E-state index is 10.4. The fraction of sp³-hybridized carbons (Fsp3) is 0.500. The third-order valence-electron chi connectivity index (χ3n) is 1.66. The van der Waals surface area contributed by atoms with E-state index >= 15 is 0 Å². The summed E-state index contributed by atoms with van der Waals surface area (Å²) in [5, 5.41) is 8.51. The van der Waals surface area contributed by atoms with E-state index in [0.717, 1.165) is 0 Å². The zero-order chi connectivity index (χ0) is 9.84. The number of ether oxygens (including phenoxy) is 1. The third kappa shape index (κ3) is 2.55. The fourth-order valence-electron chi connectivity index (χ4n) is 0.742. The molecule has 5 nitrogen and oxygen atoms in total. The molecule has 72 valence electrons. The first-order valence-electron chi connectivity index (χ1n) is 3.84. The zero-order valence-electron chi connectivity index (χ0n) is 7.48. The number of nitrogens with zero attached hydrogens (tertiary/aromatic N) is 1. The number of carboxylic acids is 1. The third-order valence-corrected chi connectivity index (χ3v) is 1.66. The van der Waals surface area contributed by atoms with Gasteiger partial charge in [-0.3, -0.25) is 0 Å². The largest absolute Gasteiger partial charge is 0.479 e. The Morgan fingerprint density at radius 2 is 2.54 bits per heavy atom. The molecule has 0 bridgehead atoms. The van der Waals surface area contributed by atoms with Crippen LogP contribution in [0.1, 0.15) is 18.4 Å². The van der Waals surface area contributed by atoms with Crippen molar-refractivity contribution in [2.75, 3.05) is 0 Å². The molecule has 0 aliphatic carbocycles. The van der Waals surface area contributed by atoms with Gasteiger partial charge in [-0.2, -0.15) is 0 Å². The molecule has 0 fully saturated rings. The number of oxazole rings is 1. The van der Waals surface area contributed by atoms with Gasteiger partial charge in [0, 0.05) is 0 Å². The molecule has 0 saturated heterocycles. The highest BCUT2D eigenvalue weighted by Gasteiger charge is 2.12. The number of carbonyl (C=O) groups is 1. The summed E-state index contributed by atoms with van der Waals surface area (Å²) in [5.74, 6) is -0.335. The summed E-state index contributed by atoms with van der Waals surface area (Å²) in [4.78, 5) is 14.2. The van der Waals surface area contributed by atoms with Gasteiger partial charge in [-0.1, -0.05) is 0 Å². The molecule has 13 heavy (non-hydrogen) atoms. The quantitative estimate of drug-likeness (QED) is 0.756. The van der Waals surface area contributed by atoms with Crippen LogP contribution in [0.25, 0.3) is 0 Å². The molecule has 5 heteroatoms. The Balaban J connectivity index is 2.44. The predicted octanol–water partition coefficient (Wildman–Crippen LogP) is 0.973.